The van der Waals surface area contributed by atoms with Gasteiger partial charge in [-0.05, 0) is 29.8 Å². The van der Waals surface area contributed by atoms with Gasteiger partial charge >= 0.3 is 0 Å². The average Bonchev–Trinajstić information content (AvgIpc) is 2.99. The van der Waals surface area contributed by atoms with Gasteiger partial charge in [0.25, 0.3) is 0 Å². The first-order chi connectivity index (χ1) is 10.3. The van der Waals surface area contributed by atoms with Crippen molar-refractivity contribution < 1.29 is 4.39 Å². The Hall–Kier alpha value is -2.46. The molecule has 0 aliphatic rings. The molecule has 106 valence electrons. The van der Waals surface area contributed by atoms with E-state index in [-0.39, 0.29) is 5.82 Å². The van der Waals surface area contributed by atoms with Crippen molar-refractivity contribution in [2.24, 2.45) is 0 Å². The Kier molecular flexibility index (Phi) is 4.07. The molecule has 0 atom stereocenters. The second kappa shape index (κ2) is 6.33. The molecule has 3 aromatic rings. The molecule has 0 amide bonds. The third-order valence-electron chi connectivity index (χ3n) is 3.23. The molecule has 0 saturated carbocycles. The van der Waals surface area contributed by atoms with Gasteiger partial charge in [-0.1, -0.05) is 30.3 Å². The predicted molar refractivity (Wildman–Crippen MR) is 80.5 cm³/mol. The third-order valence-corrected chi connectivity index (χ3v) is 3.23. The minimum Gasteiger partial charge on any atom is -0.309 e. The third kappa shape index (κ3) is 3.55. The van der Waals surface area contributed by atoms with Gasteiger partial charge in [-0.3, -0.25) is 0 Å². The monoisotopic (exact) mass is 281 g/mol. The van der Waals surface area contributed by atoms with Gasteiger partial charge in [-0.2, -0.15) is 5.10 Å². The molecule has 3 rings (SSSR count). The first kappa shape index (κ1) is 13.5. The zero-order valence-electron chi connectivity index (χ0n) is 11.5. The van der Waals surface area contributed by atoms with E-state index >= 15 is 0 Å². The lowest BCUT2D eigenvalue weighted by Crippen LogP contribution is -2.12. The number of halogens is 1. The Bertz CT molecular complexity index is 690. The first-order valence-corrected chi connectivity index (χ1v) is 6.85. The maximum atomic E-state index is 12.8. The molecule has 0 spiro atoms. The van der Waals surface area contributed by atoms with Crippen molar-refractivity contribution in [1.29, 1.82) is 0 Å². The Balaban J connectivity index is 1.57. The Morgan fingerprint density at radius 2 is 1.62 bits per heavy atom. The summed E-state index contributed by atoms with van der Waals surface area (Å²) in [7, 11) is 0. The van der Waals surface area contributed by atoms with Crippen LogP contribution in [0.1, 0.15) is 11.1 Å². The molecule has 0 fully saturated rings. The van der Waals surface area contributed by atoms with Crippen LogP contribution in [0.2, 0.25) is 0 Å². The Labute approximate surface area is 123 Å². The van der Waals surface area contributed by atoms with Crippen LogP contribution in [0.15, 0.2) is 67.0 Å². The standard InChI is InChI=1S/C17H16FN3/c18-16-8-6-14(7-9-16)10-19-11-15-12-20-21(13-15)17-4-2-1-3-5-17/h1-9,12-13,19H,10-11H2. The summed E-state index contributed by atoms with van der Waals surface area (Å²) in [6, 6.07) is 16.5. The van der Waals surface area contributed by atoms with Gasteiger partial charge in [0.1, 0.15) is 5.82 Å². The fourth-order valence-electron chi connectivity index (χ4n) is 2.13. The van der Waals surface area contributed by atoms with Crippen molar-refractivity contribution in [2.45, 2.75) is 13.1 Å². The summed E-state index contributed by atoms with van der Waals surface area (Å²) in [5.74, 6) is -0.206. The zero-order chi connectivity index (χ0) is 14.5. The molecule has 0 saturated heterocycles. The predicted octanol–water partition coefficient (Wildman–Crippen LogP) is 3.30. The van der Waals surface area contributed by atoms with E-state index in [4.69, 9.17) is 0 Å². The number of nitrogens with one attached hydrogen (secondary N) is 1. The smallest absolute Gasteiger partial charge is 0.123 e. The highest BCUT2D eigenvalue weighted by molar-refractivity contribution is 5.30. The van der Waals surface area contributed by atoms with E-state index in [1.165, 1.54) is 12.1 Å². The van der Waals surface area contributed by atoms with Crippen LogP contribution in [-0.2, 0) is 13.1 Å². The summed E-state index contributed by atoms with van der Waals surface area (Å²) in [6.45, 7) is 1.43. The Morgan fingerprint density at radius 3 is 2.38 bits per heavy atom. The molecular formula is C17H16FN3. The fraction of sp³-hybridized carbons (Fsp3) is 0.118. The van der Waals surface area contributed by atoms with Crippen LogP contribution >= 0.6 is 0 Å². The summed E-state index contributed by atoms with van der Waals surface area (Å²) in [5, 5.41) is 7.68. The molecule has 3 nitrogen and oxygen atoms in total. The van der Waals surface area contributed by atoms with Crippen molar-refractivity contribution in [1.82, 2.24) is 15.1 Å². The fourth-order valence-corrected chi connectivity index (χ4v) is 2.13. The highest BCUT2D eigenvalue weighted by Gasteiger charge is 2.00. The summed E-state index contributed by atoms with van der Waals surface area (Å²) in [6.07, 6.45) is 3.86. The van der Waals surface area contributed by atoms with Crippen LogP contribution in [0.5, 0.6) is 0 Å². The molecule has 1 heterocycles. The largest absolute Gasteiger partial charge is 0.309 e. The summed E-state index contributed by atoms with van der Waals surface area (Å²) in [4.78, 5) is 0. The molecule has 0 radical (unpaired) electrons. The van der Waals surface area contributed by atoms with Crippen molar-refractivity contribution >= 4 is 0 Å². The van der Waals surface area contributed by atoms with Gasteiger partial charge in [-0.25, -0.2) is 9.07 Å². The van der Waals surface area contributed by atoms with Crippen LogP contribution in [0, 0.1) is 5.82 Å². The molecule has 0 bridgehead atoms. The maximum Gasteiger partial charge on any atom is 0.123 e. The number of nitrogens with zero attached hydrogens (tertiary/aromatic N) is 2. The SMILES string of the molecule is Fc1ccc(CNCc2cnn(-c3ccccc3)c2)cc1. The van der Waals surface area contributed by atoms with E-state index in [1.54, 1.807) is 12.1 Å². The van der Waals surface area contributed by atoms with E-state index < -0.39 is 0 Å². The van der Waals surface area contributed by atoms with Gasteiger partial charge < -0.3 is 5.32 Å². The van der Waals surface area contributed by atoms with Gasteiger partial charge in [0.05, 0.1) is 11.9 Å². The lowest BCUT2D eigenvalue weighted by Gasteiger charge is -2.03. The van der Waals surface area contributed by atoms with Crippen LogP contribution in [0.4, 0.5) is 4.39 Å². The molecular weight excluding hydrogens is 265 g/mol. The van der Waals surface area contributed by atoms with Crippen molar-refractivity contribution in [3.8, 4) is 5.69 Å². The average molecular weight is 281 g/mol. The minimum absolute atomic E-state index is 0.206. The molecule has 1 aromatic heterocycles. The lowest BCUT2D eigenvalue weighted by atomic mass is 10.2. The molecule has 1 N–H and O–H groups in total. The van der Waals surface area contributed by atoms with E-state index in [1.807, 2.05) is 47.4 Å². The normalized spacial score (nSPS) is 10.7. The number of benzene rings is 2. The Morgan fingerprint density at radius 1 is 0.905 bits per heavy atom. The number of hydrogen-bond acceptors (Lipinski definition) is 2. The summed E-state index contributed by atoms with van der Waals surface area (Å²) >= 11 is 0. The minimum atomic E-state index is -0.206. The highest BCUT2D eigenvalue weighted by atomic mass is 19.1. The van der Waals surface area contributed by atoms with E-state index in [9.17, 15) is 4.39 Å². The van der Waals surface area contributed by atoms with Crippen LogP contribution in [0.3, 0.4) is 0 Å². The molecule has 2 aromatic carbocycles. The van der Waals surface area contributed by atoms with Crippen molar-refractivity contribution in [2.75, 3.05) is 0 Å². The molecule has 0 aliphatic carbocycles. The summed E-state index contributed by atoms with van der Waals surface area (Å²) in [5.41, 5.74) is 3.22. The molecule has 0 unspecified atom stereocenters. The second-order valence-corrected chi connectivity index (χ2v) is 4.86. The van der Waals surface area contributed by atoms with Crippen LogP contribution < -0.4 is 5.32 Å². The zero-order valence-corrected chi connectivity index (χ0v) is 11.5. The number of aromatic nitrogens is 2. The highest BCUT2D eigenvalue weighted by Crippen LogP contribution is 2.08. The maximum absolute atomic E-state index is 12.8. The van der Waals surface area contributed by atoms with Crippen molar-refractivity contribution in [3.05, 3.63) is 83.9 Å². The van der Waals surface area contributed by atoms with Crippen LogP contribution in [-0.4, -0.2) is 9.78 Å². The molecule has 21 heavy (non-hydrogen) atoms. The van der Waals surface area contributed by atoms with E-state index in [2.05, 4.69) is 10.4 Å². The van der Waals surface area contributed by atoms with Gasteiger partial charge in [0.2, 0.25) is 0 Å². The van der Waals surface area contributed by atoms with Crippen LogP contribution in [0.25, 0.3) is 5.69 Å². The first-order valence-electron chi connectivity index (χ1n) is 6.85. The van der Waals surface area contributed by atoms with Crippen molar-refractivity contribution in [3.63, 3.8) is 0 Å². The number of hydrogen-bond donors (Lipinski definition) is 1. The van der Waals surface area contributed by atoms with E-state index in [0.717, 1.165) is 23.4 Å². The number of para-hydroxylation sites is 1. The van der Waals surface area contributed by atoms with Gasteiger partial charge in [0, 0.05) is 24.8 Å². The number of rotatable bonds is 5. The molecule has 4 heteroatoms. The second-order valence-electron chi connectivity index (χ2n) is 4.86. The molecule has 0 aliphatic heterocycles. The lowest BCUT2D eigenvalue weighted by molar-refractivity contribution is 0.625. The van der Waals surface area contributed by atoms with E-state index in [0.29, 0.717) is 6.54 Å². The van der Waals surface area contributed by atoms with Gasteiger partial charge in [0.15, 0.2) is 0 Å². The van der Waals surface area contributed by atoms with Gasteiger partial charge in [-0.15, -0.1) is 0 Å². The topological polar surface area (TPSA) is 29.9 Å². The quantitative estimate of drug-likeness (QED) is 0.777. The summed E-state index contributed by atoms with van der Waals surface area (Å²) < 4.78 is 14.7.